The van der Waals surface area contributed by atoms with Gasteiger partial charge < -0.3 is 14.2 Å². The molecule has 3 rings (SSSR count). The van der Waals surface area contributed by atoms with Gasteiger partial charge in [0.15, 0.2) is 11.4 Å². The molecule has 20 heavy (non-hydrogen) atoms. The van der Waals surface area contributed by atoms with Gasteiger partial charge in [-0.1, -0.05) is 30.3 Å². The summed E-state index contributed by atoms with van der Waals surface area (Å²) in [6.45, 7) is 5.40. The van der Waals surface area contributed by atoms with E-state index in [1.807, 2.05) is 37.3 Å². The Kier molecular flexibility index (Phi) is 2.51. The molecule has 2 heterocycles. The van der Waals surface area contributed by atoms with E-state index in [1.165, 1.54) is 7.11 Å². The minimum atomic E-state index is -1.27. The van der Waals surface area contributed by atoms with Crippen LogP contribution >= 0.6 is 0 Å². The molecule has 0 aromatic heterocycles. The molecular formula is C15H17NO4. The van der Waals surface area contributed by atoms with Gasteiger partial charge in [-0.25, -0.2) is 9.79 Å². The third-order valence-electron chi connectivity index (χ3n) is 4.29. The highest BCUT2D eigenvalue weighted by Crippen LogP contribution is 2.62. The smallest absolute Gasteiger partial charge is 0.345 e. The van der Waals surface area contributed by atoms with Crippen LogP contribution in [0.3, 0.4) is 0 Å². The molecule has 0 bridgehead atoms. The van der Waals surface area contributed by atoms with Crippen LogP contribution in [0.2, 0.25) is 0 Å². The summed E-state index contributed by atoms with van der Waals surface area (Å²) in [6.07, 6.45) is 0. The van der Waals surface area contributed by atoms with Crippen molar-refractivity contribution in [2.45, 2.75) is 37.7 Å². The van der Waals surface area contributed by atoms with Crippen molar-refractivity contribution >= 4 is 11.9 Å². The Hall–Kier alpha value is -1.88. The zero-order valence-corrected chi connectivity index (χ0v) is 12.0. The predicted molar refractivity (Wildman–Crippen MR) is 72.2 cm³/mol. The number of nitrogens with zero attached hydrogens (tertiary/aromatic N) is 1. The van der Waals surface area contributed by atoms with E-state index in [1.54, 1.807) is 13.8 Å². The third-order valence-corrected chi connectivity index (χ3v) is 4.29. The fourth-order valence-corrected chi connectivity index (χ4v) is 3.20. The summed E-state index contributed by atoms with van der Waals surface area (Å²) in [5, 5.41) is 0. The van der Waals surface area contributed by atoms with Gasteiger partial charge in [0.2, 0.25) is 11.4 Å². The lowest BCUT2D eigenvalue weighted by Crippen LogP contribution is -2.78. The first-order valence-electron chi connectivity index (χ1n) is 6.49. The molecule has 1 saturated heterocycles. The van der Waals surface area contributed by atoms with Crippen molar-refractivity contribution in [3.63, 3.8) is 0 Å². The van der Waals surface area contributed by atoms with Crippen LogP contribution in [-0.2, 0) is 24.6 Å². The Morgan fingerprint density at radius 3 is 2.45 bits per heavy atom. The van der Waals surface area contributed by atoms with Crippen molar-refractivity contribution < 1.29 is 19.0 Å². The van der Waals surface area contributed by atoms with Crippen LogP contribution in [0.25, 0.3) is 0 Å². The fraction of sp³-hybridized carbons (Fsp3) is 0.467. The minimum Gasteiger partial charge on any atom is -0.467 e. The van der Waals surface area contributed by atoms with Crippen LogP contribution in [-0.4, -0.2) is 30.3 Å². The quantitative estimate of drug-likeness (QED) is 0.775. The molecule has 5 nitrogen and oxygen atoms in total. The molecule has 5 heteroatoms. The number of rotatable bonds is 2. The Labute approximate surface area is 117 Å². The van der Waals surface area contributed by atoms with Crippen LogP contribution in [0.5, 0.6) is 0 Å². The lowest BCUT2D eigenvalue weighted by Gasteiger charge is -2.59. The van der Waals surface area contributed by atoms with Crippen LogP contribution in [0.4, 0.5) is 0 Å². The molecule has 1 aromatic carbocycles. The topological polar surface area (TPSA) is 57.1 Å². The van der Waals surface area contributed by atoms with E-state index in [0.717, 1.165) is 0 Å². The van der Waals surface area contributed by atoms with Gasteiger partial charge in [0.25, 0.3) is 0 Å². The second kappa shape index (κ2) is 3.82. The Morgan fingerprint density at radius 1 is 1.25 bits per heavy atom. The second-order valence-electron chi connectivity index (χ2n) is 5.39. The molecule has 2 aliphatic heterocycles. The summed E-state index contributed by atoms with van der Waals surface area (Å²) in [6, 6.07) is 9.27. The predicted octanol–water partition coefficient (Wildman–Crippen LogP) is 2.01. The largest absolute Gasteiger partial charge is 0.467 e. The highest BCUT2D eigenvalue weighted by Gasteiger charge is 2.81. The Morgan fingerprint density at radius 2 is 1.90 bits per heavy atom. The maximum Gasteiger partial charge on any atom is 0.345 e. The van der Waals surface area contributed by atoms with Gasteiger partial charge in [0.1, 0.15) is 0 Å². The lowest BCUT2D eigenvalue weighted by atomic mass is 9.66. The molecule has 0 saturated carbocycles. The normalized spacial score (nSPS) is 38.3. The van der Waals surface area contributed by atoms with Gasteiger partial charge in [0, 0.05) is 13.8 Å². The molecule has 0 N–H and O–H groups in total. The summed E-state index contributed by atoms with van der Waals surface area (Å²) in [5.74, 6) is -0.899. The van der Waals surface area contributed by atoms with Crippen molar-refractivity contribution in [3.05, 3.63) is 35.9 Å². The van der Waals surface area contributed by atoms with Crippen LogP contribution < -0.4 is 0 Å². The SMILES string of the molecule is COC(=O)[C@@]1(c2ccccc2)O[C@]2(C)OC(C)=N[C@@]21C. The maximum absolute atomic E-state index is 12.4. The number of hydrogen-bond acceptors (Lipinski definition) is 5. The number of carbonyl (C=O) groups excluding carboxylic acids is 1. The van der Waals surface area contributed by atoms with E-state index >= 15 is 0 Å². The first kappa shape index (κ1) is 13.1. The third kappa shape index (κ3) is 1.26. The van der Waals surface area contributed by atoms with E-state index in [-0.39, 0.29) is 0 Å². The number of aliphatic imine (C=N–C) groups is 1. The number of hydrogen-bond donors (Lipinski definition) is 0. The van der Waals surface area contributed by atoms with E-state index in [9.17, 15) is 4.79 Å². The zero-order chi connectivity index (χ0) is 14.6. The summed E-state index contributed by atoms with van der Waals surface area (Å²) in [7, 11) is 1.35. The fourth-order valence-electron chi connectivity index (χ4n) is 3.20. The van der Waals surface area contributed by atoms with Crippen molar-refractivity contribution in [2.75, 3.05) is 7.11 Å². The minimum absolute atomic E-state index is 0.467. The average Bonchev–Trinajstić information content (AvgIpc) is 2.61. The highest BCUT2D eigenvalue weighted by molar-refractivity contribution is 5.88. The highest BCUT2D eigenvalue weighted by atomic mass is 16.8. The van der Waals surface area contributed by atoms with Crippen LogP contribution in [0.1, 0.15) is 26.3 Å². The number of esters is 1. The van der Waals surface area contributed by atoms with E-state index in [2.05, 4.69) is 4.99 Å². The molecule has 3 atom stereocenters. The summed E-state index contributed by atoms with van der Waals surface area (Å²) in [4.78, 5) is 17.0. The van der Waals surface area contributed by atoms with Gasteiger partial charge in [0.05, 0.1) is 7.11 Å². The Bertz CT molecular complexity index is 599. The van der Waals surface area contributed by atoms with Crippen molar-refractivity contribution in [1.29, 1.82) is 0 Å². The average molecular weight is 275 g/mol. The van der Waals surface area contributed by atoms with E-state index in [4.69, 9.17) is 14.2 Å². The van der Waals surface area contributed by atoms with E-state index < -0.39 is 22.9 Å². The second-order valence-corrected chi connectivity index (χ2v) is 5.39. The number of carbonyl (C=O) groups is 1. The molecule has 0 unspecified atom stereocenters. The van der Waals surface area contributed by atoms with Gasteiger partial charge >= 0.3 is 5.97 Å². The van der Waals surface area contributed by atoms with Crippen LogP contribution in [0, 0.1) is 0 Å². The molecule has 0 spiro atoms. The van der Waals surface area contributed by atoms with Crippen molar-refractivity contribution in [3.8, 4) is 0 Å². The van der Waals surface area contributed by atoms with Gasteiger partial charge in [-0.15, -0.1) is 0 Å². The number of methoxy groups -OCH3 is 1. The molecule has 1 fully saturated rings. The monoisotopic (exact) mass is 275 g/mol. The number of benzene rings is 1. The molecule has 0 amide bonds. The lowest BCUT2D eigenvalue weighted by molar-refractivity contribution is -0.384. The first-order chi connectivity index (χ1) is 9.39. The standard InChI is InChI=1S/C15H17NO4/c1-10-16-13(2)14(3,19-10)20-15(13,12(17)18-4)11-8-6-5-7-9-11/h5-9H,1-4H3/t13-,14-,15+/m0/s1. The number of fused-ring (bicyclic) bond motifs is 1. The summed E-state index contributed by atoms with van der Waals surface area (Å²) >= 11 is 0. The zero-order valence-electron chi connectivity index (χ0n) is 12.0. The molecule has 2 aliphatic rings. The van der Waals surface area contributed by atoms with Gasteiger partial charge in [-0.3, -0.25) is 0 Å². The number of ether oxygens (including phenoxy) is 3. The first-order valence-corrected chi connectivity index (χ1v) is 6.49. The molecule has 0 aliphatic carbocycles. The van der Waals surface area contributed by atoms with Gasteiger partial charge in [-0.05, 0) is 12.5 Å². The van der Waals surface area contributed by atoms with Crippen molar-refractivity contribution in [1.82, 2.24) is 0 Å². The maximum atomic E-state index is 12.4. The van der Waals surface area contributed by atoms with E-state index in [0.29, 0.717) is 11.5 Å². The summed E-state index contributed by atoms with van der Waals surface area (Å²) < 4.78 is 16.6. The molecular weight excluding hydrogens is 258 g/mol. The molecule has 1 aromatic rings. The molecule has 0 radical (unpaired) electrons. The summed E-state index contributed by atoms with van der Waals surface area (Å²) in [5.41, 5.74) is -1.40. The Balaban J connectivity index is 2.19. The van der Waals surface area contributed by atoms with Crippen molar-refractivity contribution in [2.24, 2.45) is 4.99 Å². The van der Waals surface area contributed by atoms with Crippen LogP contribution in [0.15, 0.2) is 35.3 Å². The molecule has 106 valence electrons. The van der Waals surface area contributed by atoms with Gasteiger partial charge in [-0.2, -0.15) is 0 Å².